The largest absolute Gasteiger partial charge is 0.480 e. The highest BCUT2D eigenvalue weighted by Gasteiger charge is 2.16. The molecule has 0 bridgehead atoms. The number of hydrogen-bond donors (Lipinski definition) is 3. The molecule has 0 spiro atoms. The highest BCUT2D eigenvalue weighted by atomic mass is 32.1. The summed E-state index contributed by atoms with van der Waals surface area (Å²) in [6.07, 6.45) is 0. The minimum absolute atomic E-state index is 0.235. The Kier molecular flexibility index (Phi) is 5.48. The number of aliphatic carboxylic acids is 1. The molecule has 0 fully saturated rings. The molecule has 6 heteroatoms. The van der Waals surface area contributed by atoms with Crippen molar-refractivity contribution in [1.82, 2.24) is 10.6 Å². The Bertz CT molecular complexity index is 231. The van der Waals surface area contributed by atoms with Gasteiger partial charge in [0, 0.05) is 6.54 Å². The van der Waals surface area contributed by atoms with Gasteiger partial charge in [-0.3, -0.25) is 0 Å². The summed E-state index contributed by atoms with van der Waals surface area (Å²) in [6, 6.07) is -0.726. The third-order valence-electron chi connectivity index (χ3n) is 1.23. The summed E-state index contributed by atoms with van der Waals surface area (Å²) in [7, 11) is 0. The van der Waals surface area contributed by atoms with E-state index in [4.69, 9.17) is 29.5 Å². The van der Waals surface area contributed by atoms with Crippen molar-refractivity contribution in [3.05, 3.63) is 0 Å². The summed E-state index contributed by atoms with van der Waals surface area (Å²) < 4.78 is 0. The molecular weight excluding hydrogens is 208 g/mol. The van der Waals surface area contributed by atoms with E-state index in [-0.39, 0.29) is 6.54 Å². The van der Waals surface area contributed by atoms with Gasteiger partial charge in [0.15, 0.2) is 0 Å². The normalized spacial score (nSPS) is 11.5. The number of rotatable bonds is 4. The van der Waals surface area contributed by atoms with Crippen molar-refractivity contribution in [1.29, 1.82) is 0 Å². The maximum atomic E-state index is 10.6. The van der Waals surface area contributed by atoms with Gasteiger partial charge in [-0.05, 0) is 13.8 Å². The summed E-state index contributed by atoms with van der Waals surface area (Å²) in [5.41, 5.74) is 0. The van der Waals surface area contributed by atoms with Gasteiger partial charge in [0.2, 0.25) is 0 Å². The molecule has 0 saturated carbocycles. The van der Waals surface area contributed by atoms with Crippen molar-refractivity contribution >= 4 is 40.4 Å². The van der Waals surface area contributed by atoms with Crippen molar-refractivity contribution in [3.63, 3.8) is 0 Å². The van der Waals surface area contributed by atoms with Crippen molar-refractivity contribution in [2.75, 3.05) is 6.54 Å². The van der Waals surface area contributed by atoms with Crippen LogP contribution in [0.15, 0.2) is 0 Å². The van der Waals surface area contributed by atoms with E-state index in [0.29, 0.717) is 9.98 Å². The standard InChI is InChI=1S/C7H12N2O2S2/c1-4(12)8-3-6(7(10)11)9-5(2)13/h6H,3H2,1-2H3,(H,8,12)(H,9,13)(H,10,11). The monoisotopic (exact) mass is 220 g/mol. The van der Waals surface area contributed by atoms with Crippen molar-refractivity contribution in [3.8, 4) is 0 Å². The zero-order valence-electron chi connectivity index (χ0n) is 7.46. The molecule has 0 radical (unpaired) electrons. The van der Waals surface area contributed by atoms with E-state index < -0.39 is 12.0 Å². The number of nitrogens with one attached hydrogen (secondary N) is 2. The van der Waals surface area contributed by atoms with Crippen LogP contribution >= 0.6 is 24.4 Å². The molecule has 0 aromatic rings. The Morgan fingerprint density at radius 2 is 1.92 bits per heavy atom. The van der Waals surface area contributed by atoms with E-state index in [1.807, 2.05) is 0 Å². The average Bonchev–Trinajstić information content (AvgIpc) is 1.96. The first-order valence-corrected chi connectivity index (χ1v) is 4.49. The van der Waals surface area contributed by atoms with E-state index in [1.165, 1.54) is 0 Å². The second-order valence-electron chi connectivity index (χ2n) is 2.53. The SMILES string of the molecule is CC(=S)NCC(NC(C)=S)C(=O)O. The summed E-state index contributed by atoms with van der Waals surface area (Å²) in [6.45, 7) is 3.56. The van der Waals surface area contributed by atoms with Crippen LogP contribution in [-0.2, 0) is 4.79 Å². The van der Waals surface area contributed by atoms with E-state index >= 15 is 0 Å². The minimum Gasteiger partial charge on any atom is -0.480 e. The molecule has 0 rings (SSSR count). The van der Waals surface area contributed by atoms with Crippen LogP contribution in [0.1, 0.15) is 13.8 Å². The van der Waals surface area contributed by atoms with Gasteiger partial charge in [-0.25, -0.2) is 4.79 Å². The van der Waals surface area contributed by atoms with Crippen LogP contribution in [0.4, 0.5) is 0 Å². The van der Waals surface area contributed by atoms with Gasteiger partial charge in [-0.2, -0.15) is 0 Å². The van der Waals surface area contributed by atoms with Crippen LogP contribution < -0.4 is 10.6 Å². The summed E-state index contributed by atoms with van der Waals surface area (Å²) in [4.78, 5) is 11.7. The van der Waals surface area contributed by atoms with Gasteiger partial charge in [-0.1, -0.05) is 24.4 Å². The lowest BCUT2D eigenvalue weighted by molar-refractivity contribution is -0.138. The Morgan fingerprint density at radius 1 is 1.38 bits per heavy atom. The lowest BCUT2D eigenvalue weighted by Gasteiger charge is -2.15. The maximum Gasteiger partial charge on any atom is 0.327 e. The Labute approximate surface area is 87.7 Å². The van der Waals surface area contributed by atoms with Crippen LogP contribution in [0, 0.1) is 0 Å². The average molecular weight is 220 g/mol. The van der Waals surface area contributed by atoms with Gasteiger partial charge in [0.25, 0.3) is 0 Å². The Hall–Kier alpha value is -0.750. The Balaban J connectivity index is 4.02. The molecule has 0 amide bonds. The fraction of sp³-hybridized carbons (Fsp3) is 0.571. The topological polar surface area (TPSA) is 61.4 Å². The number of carbonyl (C=O) groups is 1. The molecule has 4 nitrogen and oxygen atoms in total. The third kappa shape index (κ3) is 6.41. The zero-order chi connectivity index (χ0) is 10.4. The van der Waals surface area contributed by atoms with Gasteiger partial charge >= 0.3 is 5.97 Å². The predicted octanol–water partition coefficient (Wildman–Crippen LogP) is 0.313. The minimum atomic E-state index is -0.951. The highest BCUT2D eigenvalue weighted by Crippen LogP contribution is 1.84. The van der Waals surface area contributed by atoms with Gasteiger partial charge in [0.05, 0.1) is 9.98 Å². The number of thiocarbonyl (C=S) groups is 2. The molecule has 0 aromatic heterocycles. The van der Waals surface area contributed by atoms with E-state index in [1.54, 1.807) is 13.8 Å². The van der Waals surface area contributed by atoms with Crippen molar-refractivity contribution in [2.45, 2.75) is 19.9 Å². The number of carboxylic acid groups (broad SMARTS) is 1. The summed E-state index contributed by atoms with van der Waals surface area (Å²) >= 11 is 9.49. The second kappa shape index (κ2) is 5.82. The number of carboxylic acids is 1. The van der Waals surface area contributed by atoms with Gasteiger partial charge < -0.3 is 15.7 Å². The van der Waals surface area contributed by atoms with Crippen LogP contribution in [0.25, 0.3) is 0 Å². The van der Waals surface area contributed by atoms with Crippen molar-refractivity contribution < 1.29 is 9.90 Å². The lowest BCUT2D eigenvalue weighted by atomic mass is 10.3. The predicted molar refractivity (Wildman–Crippen MR) is 59.1 cm³/mol. The molecule has 0 aromatic carbocycles. The summed E-state index contributed by atoms with van der Waals surface area (Å²) in [5, 5.41) is 14.1. The molecule has 74 valence electrons. The van der Waals surface area contributed by atoms with Crippen LogP contribution in [-0.4, -0.2) is 33.6 Å². The molecule has 0 aliphatic carbocycles. The Morgan fingerprint density at radius 3 is 2.23 bits per heavy atom. The summed E-state index contributed by atoms with van der Waals surface area (Å²) in [5.74, 6) is -0.951. The van der Waals surface area contributed by atoms with E-state index in [2.05, 4.69) is 10.6 Å². The highest BCUT2D eigenvalue weighted by molar-refractivity contribution is 7.80. The smallest absolute Gasteiger partial charge is 0.327 e. The van der Waals surface area contributed by atoms with E-state index in [9.17, 15) is 4.79 Å². The van der Waals surface area contributed by atoms with Crippen LogP contribution in [0.2, 0.25) is 0 Å². The lowest BCUT2D eigenvalue weighted by Crippen LogP contribution is -2.46. The van der Waals surface area contributed by atoms with Gasteiger partial charge in [-0.15, -0.1) is 0 Å². The first-order chi connectivity index (χ1) is 5.93. The molecule has 3 N–H and O–H groups in total. The number of hydrogen-bond acceptors (Lipinski definition) is 3. The third-order valence-corrected chi connectivity index (χ3v) is 1.49. The van der Waals surface area contributed by atoms with Gasteiger partial charge in [0.1, 0.15) is 6.04 Å². The molecule has 0 saturated heterocycles. The molecule has 0 aliphatic rings. The molecule has 13 heavy (non-hydrogen) atoms. The first-order valence-electron chi connectivity index (χ1n) is 3.68. The van der Waals surface area contributed by atoms with Crippen LogP contribution in [0.3, 0.4) is 0 Å². The van der Waals surface area contributed by atoms with Crippen LogP contribution in [0.5, 0.6) is 0 Å². The fourth-order valence-electron chi connectivity index (χ4n) is 0.691. The van der Waals surface area contributed by atoms with E-state index in [0.717, 1.165) is 0 Å². The molecule has 1 atom stereocenters. The molecule has 1 unspecified atom stereocenters. The quantitative estimate of drug-likeness (QED) is 0.593. The maximum absolute atomic E-state index is 10.6. The zero-order valence-corrected chi connectivity index (χ0v) is 9.09. The molecule has 0 heterocycles. The molecule has 0 aliphatic heterocycles. The van der Waals surface area contributed by atoms with Crippen molar-refractivity contribution in [2.24, 2.45) is 0 Å². The molecular formula is C7H12N2O2S2. The first kappa shape index (κ1) is 12.2. The fourth-order valence-corrected chi connectivity index (χ4v) is 0.917. The second-order valence-corrected chi connectivity index (χ2v) is 3.75.